The lowest BCUT2D eigenvalue weighted by Crippen LogP contribution is -2.05. The zero-order valence-corrected chi connectivity index (χ0v) is 23.4. The van der Waals surface area contributed by atoms with Gasteiger partial charge < -0.3 is 4.74 Å². The van der Waals surface area contributed by atoms with E-state index in [9.17, 15) is 4.79 Å². The molecule has 0 aromatic heterocycles. The Hall–Kier alpha value is -0.530. The molecule has 198 valence electrons. The highest BCUT2D eigenvalue weighted by molar-refractivity contribution is 5.69. The zero-order chi connectivity index (χ0) is 24.4. The summed E-state index contributed by atoms with van der Waals surface area (Å²) in [4.78, 5) is 11.8. The lowest BCUT2D eigenvalue weighted by atomic mass is 10.0. The van der Waals surface area contributed by atoms with Crippen LogP contribution in [0.1, 0.15) is 175 Å². The van der Waals surface area contributed by atoms with Crippen LogP contribution in [0.25, 0.3) is 0 Å². The molecule has 0 saturated heterocycles. The van der Waals surface area contributed by atoms with E-state index in [0.29, 0.717) is 13.0 Å². The lowest BCUT2D eigenvalue weighted by molar-refractivity contribution is -0.143. The minimum absolute atomic E-state index is 0.0202. The highest BCUT2D eigenvalue weighted by Crippen LogP contribution is 2.15. The molecule has 0 aromatic carbocycles. The van der Waals surface area contributed by atoms with Gasteiger partial charge >= 0.3 is 5.97 Å². The second-order valence-electron chi connectivity index (χ2n) is 11.4. The molecule has 0 fully saturated rings. The largest absolute Gasteiger partial charge is 0.466 e. The second-order valence-corrected chi connectivity index (χ2v) is 11.4. The van der Waals surface area contributed by atoms with Crippen LogP contribution >= 0.6 is 0 Å². The van der Waals surface area contributed by atoms with Crippen molar-refractivity contribution in [2.45, 2.75) is 175 Å². The summed E-state index contributed by atoms with van der Waals surface area (Å²) >= 11 is 0. The van der Waals surface area contributed by atoms with Gasteiger partial charge in [0, 0.05) is 6.42 Å². The van der Waals surface area contributed by atoms with Crippen LogP contribution in [0.3, 0.4) is 0 Å². The number of ether oxygens (including phenoxy) is 1. The Morgan fingerprint density at radius 3 is 1.12 bits per heavy atom. The fourth-order valence-electron chi connectivity index (χ4n) is 4.56. The highest BCUT2D eigenvalue weighted by Gasteiger charge is 2.03. The van der Waals surface area contributed by atoms with Gasteiger partial charge in [0.1, 0.15) is 0 Å². The maximum absolute atomic E-state index is 11.8. The Balaban J connectivity index is 3.15. The van der Waals surface area contributed by atoms with Gasteiger partial charge in [-0.1, -0.05) is 156 Å². The minimum atomic E-state index is 0.0202. The molecule has 0 aromatic rings. The normalized spacial score (nSPS) is 11.6. The zero-order valence-electron chi connectivity index (χ0n) is 23.4. The van der Waals surface area contributed by atoms with Crippen LogP contribution in [0, 0.1) is 11.8 Å². The minimum Gasteiger partial charge on any atom is -0.466 e. The molecule has 0 aliphatic carbocycles. The molecule has 0 spiro atoms. The van der Waals surface area contributed by atoms with E-state index in [4.69, 9.17) is 4.74 Å². The molecule has 33 heavy (non-hydrogen) atoms. The smallest absolute Gasteiger partial charge is 0.305 e. The van der Waals surface area contributed by atoms with Crippen LogP contribution in [-0.2, 0) is 9.53 Å². The Labute approximate surface area is 209 Å². The molecule has 2 nitrogen and oxygen atoms in total. The van der Waals surface area contributed by atoms with E-state index < -0.39 is 0 Å². The molecule has 0 bridgehead atoms. The van der Waals surface area contributed by atoms with Crippen LogP contribution in [0.4, 0.5) is 0 Å². The number of rotatable bonds is 26. The standard InChI is InChI=1S/C31H62O2/c1-29(2)25-21-17-13-10-8-6-5-7-9-11-16-20-24-28-33-31(32)27-23-19-15-12-14-18-22-26-30(3)4/h29-30H,5-28H2,1-4H3. The van der Waals surface area contributed by atoms with Crippen molar-refractivity contribution in [1.29, 1.82) is 0 Å². The lowest BCUT2D eigenvalue weighted by Gasteiger charge is -2.06. The van der Waals surface area contributed by atoms with E-state index >= 15 is 0 Å². The first-order valence-electron chi connectivity index (χ1n) is 15.2. The van der Waals surface area contributed by atoms with E-state index in [-0.39, 0.29) is 5.97 Å². The Morgan fingerprint density at radius 1 is 0.455 bits per heavy atom. The van der Waals surface area contributed by atoms with Gasteiger partial charge in [-0.05, 0) is 24.7 Å². The molecule has 0 unspecified atom stereocenters. The molecule has 0 N–H and O–H groups in total. The molecule has 0 heterocycles. The Bertz CT molecular complexity index is 388. The molecule has 0 aliphatic heterocycles. The first kappa shape index (κ1) is 32.5. The van der Waals surface area contributed by atoms with Gasteiger partial charge in [0.15, 0.2) is 0 Å². The van der Waals surface area contributed by atoms with Gasteiger partial charge in [0.2, 0.25) is 0 Å². The maximum atomic E-state index is 11.8. The van der Waals surface area contributed by atoms with Crippen molar-refractivity contribution < 1.29 is 9.53 Å². The molecular weight excluding hydrogens is 404 g/mol. The summed E-state index contributed by atoms with van der Waals surface area (Å²) in [6, 6.07) is 0. The van der Waals surface area contributed by atoms with Gasteiger partial charge in [-0.15, -0.1) is 0 Å². The number of carbonyl (C=O) groups is 1. The molecule has 0 rings (SSSR count). The van der Waals surface area contributed by atoms with Gasteiger partial charge in [0.25, 0.3) is 0 Å². The first-order valence-corrected chi connectivity index (χ1v) is 15.2. The Morgan fingerprint density at radius 2 is 0.758 bits per heavy atom. The van der Waals surface area contributed by atoms with E-state index in [1.807, 2.05) is 0 Å². The number of esters is 1. The summed E-state index contributed by atoms with van der Waals surface area (Å²) in [5.74, 6) is 1.74. The van der Waals surface area contributed by atoms with E-state index in [0.717, 1.165) is 24.7 Å². The quantitative estimate of drug-likeness (QED) is 0.0935. The number of carbonyl (C=O) groups excluding carboxylic acids is 1. The predicted octanol–water partition coefficient (Wildman–Crippen LogP) is 10.8. The topological polar surface area (TPSA) is 26.3 Å². The van der Waals surface area contributed by atoms with Crippen LogP contribution in [0.15, 0.2) is 0 Å². The summed E-state index contributed by atoms with van der Waals surface area (Å²) in [5, 5.41) is 0. The molecule has 0 saturated carbocycles. The van der Waals surface area contributed by atoms with Crippen molar-refractivity contribution in [1.82, 2.24) is 0 Å². The number of unbranched alkanes of at least 4 members (excludes halogenated alkanes) is 18. The summed E-state index contributed by atoms with van der Waals surface area (Å²) in [6.07, 6.45) is 30.0. The summed E-state index contributed by atoms with van der Waals surface area (Å²) < 4.78 is 5.40. The number of hydrogen-bond donors (Lipinski definition) is 0. The summed E-state index contributed by atoms with van der Waals surface area (Å²) in [6.45, 7) is 9.90. The van der Waals surface area contributed by atoms with Gasteiger partial charge in [0.05, 0.1) is 6.61 Å². The van der Waals surface area contributed by atoms with E-state index in [1.165, 1.54) is 128 Å². The van der Waals surface area contributed by atoms with Crippen molar-refractivity contribution in [2.24, 2.45) is 11.8 Å². The van der Waals surface area contributed by atoms with Crippen LogP contribution in [-0.4, -0.2) is 12.6 Å². The monoisotopic (exact) mass is 466 g/mol. The first-order chi connectivity index (χ1) is 16.0. The van der Waals surface area contributed by atoms with Crippen LogP contribution < -0.4 is 0 Å². The number of hydrogen-bond acceptors (Lipinski definition) is 2. The van der Waals surface area contributed by atoms with Crippen molar-refractivity contribution >= 4 is 5.97 Å². The third-order valence-corrected chi connectivity index (χ3v) is 6.85. The van der Waals surface area contributed by atoms with Crippen molar-refractivity contribution in [3.8, 4) is 0 Å². The molecule has 2 heteroatoms. The van der Waals surface area contributed by atoms with Crippen molar-refractivity contribution in [2.75, 3.05) is 6.61 Å². The van der Waals surface area contributed by atoms with Gasteiger partial charge in [-0.2, -0.15) is 0 Å². The summed E-state index contributed by atoms with van der Waals surface area (Å²) in [7, 11) is 0. The fraction of sp³-hybridized carbons (Fsp3) is 0.968. The average molecular weight is 467 g/mol. The highest BCUT2D eigenvalue weighted by atomic mass is 16.5. The van der Waals surface area contributed by atoms with E-state index in [2.05, 4.69) is 27.7 Å². The van der Waals surface area contributed by atoms with Gasteiger partial charge in [-0.25, -0.2) is 0 Å². The fourth-order valence-corrected chi connectivity index (χ4v) is 4.56. The van der Waals surface area contributed by atoms with Crippen molar-refractivity contribution in [3.05, 3.63) is 0 Å². The molecule has 0 atom stereocenters. The van der Waals surface area contributed by atoms with Crippen molar-refractivity contribution in [3.63, 3.8) is 0 Å². The Kier molecular flexibility index (Phi) is 25.7. The molecule has 0 amide bonds. The molecular formula is C31H62O2. The van der Waals surface area contributed by atoms with Crippen LogP contribution in [0.2, 0.25) is 0 Å². The third-order valence-electron chi connectivity index (χ3n) is 6.85. The van der Waals surface area contributed by atoms with Gasteiger partial charge in [-0.3, -0.25) is 4.79 Å². The van der Waals surface area contributed by atoms with Crippen LogP contribution in [0.5, 0.6) is 0 Å². The van der Waals surface area contributed by atoms with E-state index in [1.54, 1.807) is 0 Å². The molecule has 0 aliphatic rings. The summed E-state index contributed by atoms with van der Waals surface area (Å²) in [5.41, 5.74) is 0. The third kappa shape index (κ3) is 29.4. The SMILES string of the molecule is CC(C)CCCCCCCCCCCCCCCOC(=O)CCCCCCCCCC(C)C. The maximum Gasteiger partial charge on any atom is 0.305 e. The predicted molar refractivity (Wildman–Crippen MR) is 147 cm³/mol. The molecule has 0 radical (unpaired) electrons. The average Bonchev–Trinajstić information content (AvgIpc) is 2.77. The second kappa shape index (κ2) is 26.1.